The van der Waals surface area contributed by atoms with E-state index in [-0.39, 0.29) is 5.91 Å². The van der Waals surface area contributed by atoms with E-state index in [0.29, 0.717) is 12.5 Å². The highest BCUT2D eigenvalue weighted by molar-refractivity contribution is 7.08. The smallest absolute Gasteiger partial charge is 0.254 e. The van der Waals surface area contributed by atoms with E-state index in [1.54, 1.807) is 24.6 Å². The van der Waals surface area contributed by atoms with Gasteiger partial charge in [0.15, 0.2) is 5.65 Å². The van der Waals surface area contributed by atoms with Crippen molar-refractivity contribution < 1.29 is 9.53 Å². The molecule has 0 spiro atoms. The number of carbonyl (C=O) groups excluding carboxylic acids is 1. The van der Waals surface area contributed by atoms with Gasteiger partial charge in [-0.3, -0.25) is 4.79 Å². The number of likely N-dealkylation sites (tertiary alicyclic amines) is 1. The van der Waals surface area contributed by atoms with E-state index in [4.69, 9.17) is 9.72 Å². The summed E-state index contributed by atoms with van der Waals surface area (Å²) >= 11 is 1.56. The fourth-order valence-electron chi connectivity index (χ4n) is 3.59. The van der Waals surface area contributed by atoms with Crippen molar-refractivity contribution in [3.63, 3.8) is 0 Å². The lowest BCUT2D eigenvalue weighted by Gasteiger charge is -2.16. The van der Waals surface area contributed by atoms with Crippen LogP contribution in [0, 0.1) is 5.92 Å². The number of rotatable bonds is 6. The van der Waals surface area contributed by atoms with Gasteiger partial charge in [0, 0.05) is 44.7 Å². The van der Waals surface area contributed by atoms with E-state index in [2.05, 4.69) is 9.55 Å². The molecule has 1 atom stereocenters. The predicted octanol–water partition coefficient (Wildman–Crippen LogP) is 2.84. The Bertz CT molecular complexity index is 890. The van der Waals surface area contributed by atoms with Gasteiger partial charge < -0.3 is 14.2 Å². The second-order valence-electron chi connectivity index (χ2n) is 6.64. The highest BCUT2D eigenvalue weighted by atomic mass is 32.1. The Morgan fingerprint density at radius 2 is 2.35 bits per heavy atom. The van der Waals surface area contributed by atoms with Gasteiger partial charge >= 0.3 is 0 Å². The molecule has 1 aliphatic heterocycles. The van der Waals surface area contributed by atoms with Crippen LogP contribution in [0.25, 0.3) is 11.2 Å². The van der Waals surface area contributed by atoms with Crippen LogP contribution in [0.3, 0.4) is 0 Å². The minimum Gasteiger partial charge on any atom is -0.383 e. The Kier molecular flexibility index (Phi) is 4.99. The third kappa shape index (κ3) is 3.37. The van der Waals surface area contributed by atoms with Gasteiger partial charge in [0.2, 0.25) is 0 Å². The second kappa shape index (κ2) is 7.55. The SMILES string of the molecule is COCCn1c(C[C@@H]2CCN(C(=O)c3ccsc3)C2)nc2cccnc21. The summed E-state index contributed by atoms with van der Waals surface area (Å²) in [7, 11) is 1.71. The van der Waals surface area contributed by atoms with Crippen molar-refractivity contribution in [1.82, 2.24) is 19.4 Å². The number of hydrogen-bond acceptors (Lipinski definition) is 5. The Balaban J connectivity index is 1.50. The zero-order chi connectivity index (χ0) is 17.9. The highest BCUT2D eigenvalue weighted by Crippen LogP contribution is 2.24. The van der Waals surface area contributed by atoms with E-state index >= 15 is 0 Å². The molecule has 26 heavy (non-hydrogen) atoms. The monoisotopic (exact) mass is 370 g/mol. The zero-order valence-electron chi connectivity index (χ0n) is 14.8. The average Bonchev–Trinajstić information content (AvgIpc) is 3.40. The summed E-state index contributed by atoms with van der Waals surface area (Å²) in [5.41, 5.74) is 2.62. The number of thiophene rings is 1. The maximum Gasteiger partial charge on any atom is 0.254 e. The predicted molar refractivity (Wildman–Crippen MR) is 101 cm³/mol. The molecule has 1 saturated heterocycles. The van der Waals surface area contributed by atoms with E-state index in [1.807, 2.05) is 33.9 Å². The van der Waals surface area contributed by atoms with E-state index in [9.17, 15) is 4.79 Å². The number of imidazole rings is 1. The lowest BCUT2D eigenvalue weighted by atomic mass is 10.0. The first-order chi connectivity index (χ1) is 12.8. The topological polar surface area (TPSA) is 60.2 Å². The van der Waals surface area contributed by atoms with Crippen LogP contribution < -0.4 is 0 Å². The lowest BCUT2D eigenvalue weighted by molar-refractivity contribution is 0.0787. The minimum absolute atomic E-state index is 0.142. The molecule has 1 fully saturated rings. The van der Waals surface area contributed by atoms with Crippen molar-refractivity contribution in [1.29, 1.82) is 0 Å². The molecule has 3 aromatic heterocycles. The first-order valence-corrected chi connectivity index (χ1v) is 9.81. The Hall–Kier alpha value is -2.25. The number of methoxy groups -OCH3 is 1. The molecule has 0 saturated carbocycles. The number of aromatic nitrogens is 3. The zero-order valence-corrected chi connectivity index (χ0v) is 15.6. The molecule has 1 aliphatic rings. The van der Waals surface area contributed by atoms with E-state index in [1.165, 1.54) is 0 Å². The molecule has 0 aromatic carbocycles. The number of carbonyl (C=O) groups is 1. The van der Waals surface area contributed by atoms with Gasteiger partial charge in [-0.1, -0.05) is 0 Å². The average molecular weight is 370 g/mol. The normalized spacial score (nSPS) is 17.3. The highest BCUT2D eigenvalue weighted by Gasteiger charge is 2.28. The summed E-state index contributed by atoms with van der Waals surface area (Å²) in [5, 5.41) is 3.87. The molecule has 3 aromatic rings. The van der Waals surface area contributed by atoms with Crippen molar-refractivity contribution in [3.8, 4) is 0 Å². The fraction of sp³-hybridized carbons (Fsp3) is 0.421. The Labute approximate surface area is 156 Å². The molecule has 0 bridgehead atoms. The van der Waals surface area contributed by atoms with Crippen molar-refractivity contribution in [2.45, 2.75) is 19.4 Å². The van der Waals surface area contributed by atoms with Crippen molar-refractivity contribution >= 4 is 28.4 Å². The lowest BCUT2D eigenvalue weighted by Crippen LogP contribution is -2.28. The van der Waals surface area contributed by atoms with Crippen LogP contribution >= 0.6 is 11.3 Å². The van der Waals surface area contributed by atoms with Crippen LogP contribution in [0.15, 0.2) is 35.2 Å². The van der Waals surface area contributed by atoms with Crippen LogP contribution in [0.2, 0.25) is 0 Å². The van der Waals surface area contributed by atoms with Gasteiger partial charge in [-0.2, -0.15) is 11.3 Å². The van der Waals surface area contributed by atoms with Gasteiger partial charge in [0.25, 0.3) is 5.91 Å². The molecular formula is C19H22N4O2S. The third-order valence-corrected chi connectivity index (χ3v) is 5.60. The summed E-state index contributed by atoms with van der Waals surface area (Å²) in [6, 6.07) is 5.81. The standard InChI is InChI=1S/C19H22N4O2S/c1-25-9-8-23-17(21-16-3-2-6-20-18(16)23)11-14-4-7-22(12-14)19(24)15-5-10-26-13-15/h2-3,5-6,10,13-14H,4,7-9,11-12H2,1H3/t14-/m0/s1. The first kappa shape index (κ1) is 17.2. The second-order valence-corrected chi connectivity index (χ2v) is 7.42. The maximum absolute atomic E-state index is 12.5. The summed E-state index contributed by atoms with van der Waals surface area (Å²) in [6.45, 7) is 2.97. The van der Waals surface area contributed by atoms with Gasteiger partial charge in [-0.25, -0.2) is 9.97 Å². The molecule has 4 rings (SSSR count). The van der Waals surface area contributed by atoms with E-state index in [0.717, 1.165) is 55.0 Å². The number of fused-ring (bicyclic) bond motifs is 1. The van der Waals surface area contributed by atoms with Crippen LogP contribution in [-0.4, -0.2) is 52.1 Å². The van der Waals surface area contributed by atoms with Gasteiger partial charge in [-0.15, -0.1) is 0 Å². The van der Waals surface area contributed by atoms with Crippen molar-refractivity contribution in [2.24, 2.45) is 5.92 Å². The molecule has 0 N–H and O–H groups in total. The van der Waals surface area contributed by atoms with Crippen LogP contribution in [0.5, 0.6) is 0 Å². The summed E-state index contributed by atoms with van der Waals surface area (Å²) in [6.07, 6.45) is 3.66. The maximum atomic E-state index is 12.5. The molecule has 4 heterocycles. The summed E-state index contributed by atoms with van der Waals surface area (Å²) in [5.74, 6) is 1.60. The Morgan fingerprint density at radius 3 is 3.15 bits per heavy atom. The summed E-state index contributed by atoms with van der Waals surface area (Å²) < 4.78 is 7.41. The molecule has 0 radical (unpaired) electrons. The van der Waals surface area contributed by atoms with Gasteiger partial charge in [0.1, 0.15) is 11.3 Å². The number of nitrogens with zero attached hydrogens (tertiary/aromatic N) is 4. The fourth-order valence-corrected chi connectivity index (χ4v) is 4.22. The third-order valence-electron chi connectivity index (χ3n) is 4.91. The molecule has 0 aliphatic carbocycles. The molecular weight excluding hydrogens is 348 g/mol. The molecule has 0 unspecified atom stereocenters. The van der Waals surface area contributed by atoms with Crippen molar-refractivity contribution in [3.05, 3.63) is 46.5 Å². The first-order valence-electron chi connectivity index (χ1n) is 8.87. The number of pyridine rings is 1. The number of amides is 1. The van der Waals surface area contributed by atoms with Crippen molar-refractivity contribution in [2.75, 3.05) is 26.8 Å². The van der Waals surface area contributed by atoms with Crippen LogP contribution in [0.1, 0.15) is 22.6 Å². The number of hydrogen-bond donors (Lipinski definition) is 0. The Morgan fingerprint density at radius 1 is 1.42 bits per heavy atom. The largest absolute Gasteiger partial charge is 0.383 e. The van der Waals surface area contributed by atoms with Gasteiger partial charge in [-0.05, 0) is 35.9 Å². The quantitative estimate of drug-likeness (QED) is 0.669. The minimum atomic E-state index is 0.142. The van der Waals surface area contributed by atoms with Crippen LogP contribution in [0.4, 0.5) is 0 Å². The van der Waals surface area contributed by atoms with Gasteiger partial charge in [0.05, 0.1) is 12.2 Å². The number of ether oxygens (including phenoxy) is 1. The molecule has 6 nitrogen and oxygen atoms in total. The van der Waals surface area contributed by atoms with Crippen LogP contribution in [-0.2, 0) is 17.7 Å². The molecule has 1 amide bonds. The molecule has 7 heteroatoms. The molecule has 136 valence electrons. The summed E-state index contributed by atoms with van der Waals surface area (Å²) in [4.78, 5) is 23.8. The van der Waals surface area contributed by atoms with E-state index < -0.39 is 0 Å².